The van der Waals surface area contributed by atoms with Gasteiger partial charge in [-0.1, -0.05) is 73.9 Å². The van der Waals surface area contributed by atoms with Crippen LogP contribution >= 0.6 is 0 Å². The SMILES string of the molecule is NS(=O)(=O)c1cc(C(=O)c2ccc(N3CCN(Cc4ccccc4-c4ccccc4)CC3)cc2)ccc1NCC1CCCCC1. The van der Waals surface area contributed by atoms with Crippen molar-refractivity contribution in [3.63, 3.8) is 0 Å². The Hall–Kier alpha value is -3.98. The van der Waals surface area contributed by atoms with E-state index in [1.807, 2.05) is 30.3 Å². The van der Waals surface area contributed by atoms with Crippen molar-refractivity contribution < 1.29 is 13.2 Å². The summed E-state index contributed by atoms with van der Waals surface area (Å²) < 4.78 is 24.9. The molecule has 8 heteroatoms. The smallest absolute Gasteiger partial charge is 0.240 e. The fourth-order valence-electron chi connectivity index (χ4n) is 6.64. The van der Waals surface area contributed by atoms with Crippen molar-refractivity contribution in [3.8, 4) is 11.1 Å². The first-order chi connectivity index (χ1) is 21.8. The lowest BCUT2D eigenvalue weighted by molar-refractivity contribution is 0.103. The van der Waals surface area contributed by atoms with Crippen molar-refractivity contribution in [2.75, 3.05) is 42.9 Å². The second kappa shape index (κ2) is 14.0. The lowest BCUT2D eigenvalue weighted by atomic mass is 9.89. The zero-order valence-electron chi connectivity index (χ0n) is 25.7. The van der Waals surface area contributed by atoms with Gasteiger partial charge in [0.15, 0.2) is 5.78 Å². The molecule has 4 aromatic rings. The average molecular weight is 623 g/mol. The molecule has 3 N–H and O–H groups in total. The van der Waals surface area contributed by atoms with Crippen LogP contribution in [-0.2, 0) is 16.6 Å². The zero-order chi connectivity index (χ0) is 31.2. The number of primary sulfonamides is 1. The number of ketones is 1. The average Bonchev–Trinajstić information content (AvgIpc) is 3.08. The molecule has 7 nitrogen and oxygen atoms in total. The molecule has 1 heterocycles. The predicted molar refractivity (Wildman–Crippen MR) is 182 cm³/mol. The Kier molecular flexibility index (Phi) is 9.64. The molecule has 0 aromatic heterocycles. The molecule has 0 spiro atoms. The van der Waals surface area contributed by atoms with Crippen LogP contribution in [0.25, 0.3) is 11.1 Å². The fraction of sp³-hybridized carbons (Fsp3) is 0.324. The summed E-state index contributed by atoms with van der Waals surface area (Å²) in [5.41, 5.74) is 6.20. The number of sulfonamides is 1. The number of hydrogen-bond acceptors (Lipinski definition) is 6. The third kappa shape index (κ3) is 7.64. The van der Waals surface area contributed by atoms with Crippen LogP contribution in [0.1, 0.15) is 53.6 Å². The number of nitrogens with zero attached hydrogens (tertiary/aromatic N) is 2. The molecule has 6 rings (SSSR count). The Bertz CT molecular complexity index is 1710. The fourth-order valence-corrected chi connectivity index (χ4v) is 7.38. The normalized spacial score (nSPS) is 16.4. The highest BCUT2D eigenvalue weighted by molar-refractivity contribution is 7.89. The van der Waals surface area contributed by atoms with Crippen LogP contribution in [0.4, 0.5) is 11.4 Å². The van der Waals surface area contributed by atoms with E-state index in [0.717, 1.165) is 51.3 Å². The minimum absolute atomic E-state index is 0.0370. The van der Waals surface area contributed by atoms with E-state index in [1.54, 1.807) is 12.1 Å². The van der Waals surface area contributed by atoms with E-state index in [-0.39, 0.29) is 10.7 Å². The molecule has 234 valence electrons. The van der Waals surface area contributed by atoms with E-state index in [0.29, 0.717) is 29.3 Å². The summed E-state index contributed by atoms with van der Waals surface area (Å²) in [5, 5.41) is 8.86. The highest BCUT2D eigenvalue weighted by Crippen LogP contribution is 2.29. The molecular weight excluding hydrogens is 580 g/mol. The molecule has 0 unspecified atom stereocenters. The van der Waals surface area contributed by atoms with Gasteiger partial charge in [0.1, 0.15) is 4.90 Å². The monoisotopic (exact) mass is 622 g/mol. The van der Waals surface area contributed by atoms with Crippen LogP contribution < -0.4 is 15.4 Å². The number of rotatable bonds is 10. The predicted octanol–water partition coefficient (Wildman–Crippen LogP) is 6.55. The summed E-state index contributed by atoms with van der Waals surface area (Å²) in [5.74, 6) is 0.290. The molecule has 1 saturated carbocycles. The van der Waals surface area contributed by atoms with Crippen LogP contribution in [0.3, 0.4) is 0 Å². The first kappa shape index (κ1) is 31.0. The second-order valence-corrected chi connectivity index (χ2v) is 13.8. The number of carbonyl (C=O) groups excluding carboxylic acids is 1. The summed E-state index contributed by atoms with van der Waals surface area (Å²) >= 11 is 0. The summed E-state index contributed by atoms with van der Waals surface area (Å²) in [4.78, 5) is 18.2. The molecule has 4 aromatic carbocycles. The van der Waals surface area contributed by atoms with E-state index in [2.05, 4.69) is 63.6 Å². The van der Waals surface area contributed by atoms with Crippen LogP contribution in [0.15, 0.2) is 102 Å². The van der Waals surface area contributed by atoms with Gasteiger partial charge >= 0.3 is 0 Å². The van der Waals surface area contributed by atoms with E-state index >= 15 is 0 Å². The van der Waals surface area contributed by atoms with E-state index in [9.17, 15) is 13.2 Å². The molecular formula is C37H42N4O3S. The largest absolute Gasteiger partial charge is 0.384 e. The third-order valence-electron chi connectivity index (χ3n) is 9.22. The Morgan fingerprint density at radius 2 is 1.44 bits per heavy atom. The minimum atomic E-state index is -4.01. The van der Waals surface area contributed by atoms with Gasteiger partial charge in [-0.2, -0.15) is 0 Å². The maximum absolute atomic E-state index is 13.4. The van der Waals surface area contributed by atoms with Crippen molar-refractivity contribution >= 4 is 27.2 Å². The number of hydrogen-bond donors (Lipinski definition) is 2. The van der Waals surface area contributed by atoms with Crippen LogP contribution in [-0.4, -0.2) is 51.8 Å². The summed E-state index contributed by atoms with van der Waals surface area (Å²) in [6.45, 7) is 5.29. The molecule has 0 bridgehead atoms. The highest BCUT2D eigenvalue weighted by Gasteiger charge is 2.22. The first-order valence-corrected chi connectivity index (χ1v) is 17.6. The minimum Gasteiger partial charge on any atom is -0.384 e. The molecule has 1 saturated heterocycles. The molecule has 45 heavy (non-hydrogen) atoms. The van der Waals surface area contributed by atoms with Crippen LogP contribution in [0.2, 0.25) is 0 Å². The molecule has 2 aliphatic rings. The lowest BCUT2D eigenvalue weighted by Crippen LogP contribution is -2.46. The number of anilines is 2. The quantitative estimate of drug-likeness (QED) is 0.195. The third-order valence-corrected chi connectivity index (χ3v) is 10.2. The second-order valence-electron chi connectivity index (χ2n) is 12.3. The standard InChI is InChI=1S/C37H42N4O3S/c38-45(43,44)36-25-31(17-20-35(36)39-26-28-9-3-1-4-10-28)37(42)30-15-18-33(19-16-30)41-23-21-40(22-24-41)27-32-13-7-8-14-34(32)29-11-5-2-6-12-29/h2,5-8,11-20,25,28,39H,1,3-4,9-10,21-24,26-27H2,(H2,38,43,44). The van der Waals surface area contributed by atoms with Crippen LogP contribution in [0.5, 0.6) is 0 Å². The van der Waals surface area contributed by atoms with Gasteiger partial charge in [-0.3, -0.25) is 9.69 Å². The van der Waals surface area contributed by atoms with Crippen LogP contribution in [0, 0.1) is 5.92 Å². The van der Waals surface area contributed by atoms with Crippen molar-refractivity contribution in [2.24, 2.45) is 11.1 Å². The Morgan fingerprint density at radius 3 is 2.16 bits per heavy atom. The molecule has 1 aliphatic carbocycles. The molecule has 2 fully saturated rings. The van der Waals surface area contributed by atoms with Gasteiger partial charge in [-0.15, -0.1) is 0 Å². The maximum Gasteiger partial charge on any atom is 0.240 e. The molecule has 0 atom stereocenters. The van der Waals surface area contributed by atoms with E-state index in [4.69, 9.17) is 5.14 Å². The Balaban J connectivity index is 1.08. The van der Waals surface area contributed by atoms with Crippen molar-refractivity contribution in [1.82, 2.24) is 4.90 Å². The van der Waals surface area contributed by atoms with E-state index in [1.165, 1.54) is 42.0 Å². The Morgan fingerprint density at radius 1 is 0.778 bits per heavy atom. The van der Waals surface area contributed by atoms with Crippen molar-refractivity contribution in [2.45, 2.75) is 43.5 Å². The molecule has 0 amide bonds. The van der Waals surface area contributed by atoms with Gasteiger partial charge in [0.2, 0.25) is 10.0 Å². The zero-order valence-corrected chi connectivity index (χ0v) is 26.5. The number of carbonyl (C=O) groups is 1. The lowest BCUT2D eigenvalue weighted by Gasteiger charge is -2.36. The number of benzene rings is 4. The molecule has 1 aliphatic heterocycles. The van der Waals surface area contributed by atoms with Gasteiger partial charge in [0.25, 0.3) is 0 Å². The topological polar surface area (TPSA) is 95.7 Å². The number of nitrogens with one attached hydrogen (secondary N) is 1. The number of nitrogens with two attached hydrogens (primary N) is 1. The summed E-state index contributed by atoms with van der Waals surface area (Å²) in [7, 11) is -4.01. The summed E-state index contributed by atoms with van der Waals surface area (Å²) in [6.07, 6.45) is 5.97. The van der Waals surface area contributed by atoms with Gasteiger partial charge in [0, 0.05) is 56.1 Å². The van der Waals surface area contributed by atoms with Gasteiger partial charge < -0.3 is 10.2 Å². The maximum atomic E-state index is 13.4. The van der Waals surface area contributed by atoms with Crippen molar-refractivity contribution in [3.05, 3.63) is 114 Å². The van der Waals surface area contributed by atoms with E-state index < -0.39 is 10.0 Å². The summed E-state index contributed by atoms with van der Waals surface area (Å²) in [6, 6.07) is 31.5. The first-order valence-electron chi connectivity index (χ1n) is 16.0. The van der Waals surface area contributed by atoms with Gasteiger partial charge in [-0.05, 0) is 77.9 Å². The van der Waals surface area contributed by atoms with Gasteiger partial charge in [-0.25, -0.2) is 13.6 Å². The Labute approximate surface area is 267 Å². The highest BCUT2D eigenvalue weighted by atomic mass is 32.2. The number of piperazine rings is 1. The van der Waals surface area contributed by atoms with Crippen molar-refractivity contribution in [1.29, 1.82) is 0 Å². The molecule has 0 radical (unpaired) electrons. The van der Waals surface area contributed by atoms with Gasteiger partial charge in [0.05, 0.1) is 5.69 Å².